The van der Waals surface area contributed by atoms with Crippen LogP contribution in [0, 0.1) is 18.3 Å². The standard InChI is InChI=1S/C19H18N2O4/c1-14-2-8-17(9-3-14)24-11-10-19(23)25-13-18(22)21-16-6-4-15(12-20)5-7-16/h2-9H,10-11,13H2,1H3,(H,21,22). The van der Waals surface area contributed by atoms with Crippen molar-refractivity contribution in [1.82, 2.24) is 0 Å². The Morgan fingerprint density at radius 1 is 1.08 bits per heavy atom. The van der Waals surface area contributed by atoms with E-state index in [1.165, 1.54) is 0 Å². The summed E-state index contributed by atoms with van der Waals surface area (Å²) in [5.74, 6) is -0.281. The quantitative estimate of drug-likeness (QED) is 0.784. The minimum atomic E-state index is -0.512. The van der Waals surface area contributed by atoms with Gasteiger partial charge in [0.05, 0.1) is 24.7 Å². The number of hydrogen-bond acceptors (Lipinski definition) is 5. The SMILES string of the molecule is Cc1ccc(OCCC(=O)OCC(=O)Nc2ccc(C#N)cc2)cc1. The molecule has 0 saturated heterocycles. The average molecular weight is 338 g/mol. The maximum absolute atomic E-state index is 11.7. The molecule has 0 aliphatic heterocycles. The summed E-state index contributed by atoms with van der Waals surface area (Å²) >= 11 is 0. The number of ether oxygens (including phenoxy) is 2. The number of nitrogens with zero attached hydrogens (tertiary/aromatic N) is 1. The predicted molar refractivity (Wildman–Crippen MR) is 92.0 cm³/mol. The highest BCUT2D eigenvalue weighted by atomic mass is 16.5. The highest BCUT2D eigenvalue weighted by Crippen LogP contribution is 2.11. The van der Waals surface area contributed by atoms with E-state index >= 15 is 0 Å². The van der Waals surface area contributed by atoms with Gasteiger partial charge in [-0.1, -0.05) is 17.7 Å². The van der Waals surface area contributed by atoms with Crippen molar-refractivity contribution in [2.75, 3.05) is 18.5 Å². The number of amides is 1. The fraction of sp³-hybridized carbons (Fsp3) is 0.211. The molecule has 0 atom stereocenters. The van der Waals surface area contributed by atoms with Gasteiger partial charge in [-0.2, -0.15) is 5.26 Å². The molecule has 0 aliphatic carbocycles. The van der Waals surface area contributed by atoms with Crippen molar-refractivity contribution in [3.63, 3.8) is 0 Å². The van der Waals surface area contributed by atoms with Gasteiger partial charge in [0, 0.05) is 5.69 Å². The van der Waals surface area contributed by atoms with Gasteiger partial charge in [0.15, 0.2) is 6.61 Å². The first-order chi connectivity index (χ1) is 12.1. The van der Waals surface area contributed by atoms with Crippen LogP contribution in [0.15, 0.2) is 48.5 Å². The summed E-state index contributed by atoms with van der Waals surface area (Å²) in [4.78, 5) is 23.3. The number of carbonyl (C=O) groups excluding carboxylic acids is 2. The van der Waals surface area contributed by atoms with Gasteiger partial charge in [0.2, 0.25) is 0 Å². The number of benzene rings is 2. The molecule has 0 fully saturated rings. The molecule has 0 radical (unpaired) electrons. The normalized spacial score (nSPS) is 9.76. The topological polar surface area (TPSA) is 88.4 Å². The fourth-order valence-corrected chi connectivity index (χ4v) is 1.93. The maximum atomic E-state index is 11.7. The summed E-state index contributed by atoms with van der Waals surface area (Å²) < 4.78 is 10.3. The summed E-state index contributed by atoms with van der Waals surface area (Å²) in [7, 11) is 0. The Labute approximate surface area is 146 Å². The van der Waals surface area contributed by atoms with Crippen LogP contribution in [0.1, 0.15) is 17.5 Å². The lowest BCUT2D eigenvalue weighted by Crippen LogP contribution is -2.21. The van der Waals surface area contributed by atoms with E-state index in [1.54, 1.807) is 24.3 Å². The second-order valence-electron chi connectivity index (χ2n) is 5.31. The second-order valence-corrected chi connectivity index (χ2v) is 5.31. The Balaban J connectivity index is 1.65. The third-order valence-corrected chi connectivity index (χ3v) is 3.26. The van der Waals surface area contributed by atoms with Crippen LogP contribution in [0.25, 0.3) is 0 Å². The Hall–Kier alpha value is -3.33. The first-order valence-electron chi connectivity index (χ1n) is 7.72. The molecular weight excluding hydrogens is 320 g/mol. The van der Waals surface area contributed by atoms with Gasteiger partial charge in [-0.15, -0.1) is 0 Å². The number of nitriles is 1. The van der Waals surface area contributed by atoms with Crippen LogP contribution in [0.4, 0.5) is 5.69 Å². The number of hydrogen-bond donors (Lipinski definition) is 1. The highest BCUT2D eigenvalue weighted by molar-refractivity contribution is 5.92. The predicted octanol–water partition coefficient (Wildman–Crippen LogP) is 2.82. The number of aryl methyl sites for hydroxylation is 1. The van der Waals surface area contributed by atoms with Crippen molar-refractivity contribution in [3.05, 3.63) is 59.7 Å². The molecule has 1 amide bonds. The van der Waals surface area contributed by atoms with Crippen LogP contribution in [0.3, 0.4) is 0 Å². The lowest BCUT2D eigenvalue weighted by atomic mass is 10.2. The molecular formula is C19H18N2O4. The zero-order valence-electron chi connectivity index (χ0n) is 13.8. The molecule has 0 unspecified atom stereocenters. The van der Waals surface area contributed by atoms with E-state index < -0.39 is 11.9 Å². The lowest BCUT2D eigenvalue weighted by Gasteiger charge is -2.08. The highest BCUT2D eigenvalue weighted by Gasteiger charge is 2.08. The third kappa shape index (κ3) is 6.36. The monoisotopic (exact) mass is 338 g/mol. The van der Waals surface area contributed by atoms with Crippen LogP contribution in [-0.4, -0.2) is 25.1 Å². The summed E-state index contributed by atoms with van der Waals surface area (Å²) in [5.41, 5.74) is 2.15. The Morgan fingerprint density at radius 2 is 1.76 bits per heavy atom. The molecule has 6 nitrogen and oxygen atoms in total. The minimum Gasteiger partial charge on any atom is -0.493 e. The molecule has 2 rings (SSSR count). The smallest absolute Gasteiger partial charge is 0.309 e. The zero-order chi connectivity index (χ0) is 18.1. The first-order valence-corrected chi connectivity index (χ1v) is 7.72. The third-order valence-electron chi connectivity index (χ3n) is 3.26. The molecule has 0 spiro atoms. The van der Waals surface area contributed by atoms with Crippen LogP contribution in [-0.2, 0) is 14.3 Å². The zero-order valence-corrected chi connectivity index (χ0v) is 13.8. The summed E-state index contributed by atoms with van der Waals surface area (Å²) in [6, 6.07) is 15.9. The lowest BCUT2D eigenvalue weighted by molar-refractivity contribution is -0.147. The van der Waals surface area contributed by atoms with E-state index in [-0.39, 0.29) is 19.6 Å². The van der Waals surface area contributed by atoms with Gasteiger partial charge >= 0.3 is 5.97 Å². The molecule has 1 N–H and O–H groups in total. The van der Waals surface area contributed by atoms with E-state index in [0.717, 1.165) is 5.56 Å². The van der Waals surface area contributed by atoms with Gasteiger partial charge in [-0.25, -0.2) is 0 Å². The Morgan fingerprint density at radius 3 is 2.40 bits per heavy atom. The van der Waals surface area contributed by atoms with Gasteiger partial charge < -0.3 is 14.8 Å². The van der Waals surface area contributed by atoms with Crippen molar-refractivity contribution < 1.29 is 19.1 Å². The summed E-state index contributed by atoms with van der Waals surface area (Å²) in [5, 5.41) is 11.3. The van der Waals surface area contributed by atoms with E-state index in [9.17, 15) is 9.59 Å². The molecule has 2 aromatic carbocycles. The van der Waals surface area contributed by atoms with Crippen molar-refractivity contribution >= 4 is 17.6 Å². The van der Waals surface area contributed by atoms with Gasteiger partial charge in [-0.05, 0) is 43.3 Å². The van der Waals surface area contributed by atoms with Crippen LogP contribution >= 0.6 is 0 Å². The molecule has 0 saturated carbocycles. The number of rotatable bonds is 7. The number of esters is 1. The van der Waals surface area contributed by atoms with E-state index in [2.05, 4.69) is 5.32 Å². The van der Waals surface area contributed by atoms with Crippen LogP contribution < -0.4 is 10.1 Å². The number of nitrogens with one attached hydrogen (secondary N) is 1. The van der Waals surface area contributed by atoms with E-state index in [0.29, 0.717) is 17.0 Å². The van der Waals surface area contributed by atoms with Gasteiger partial charge in [0.1, 0.15) is 5.75 Å². The minimum absolute atomic E-state index is 0.0536. The maximum Gasteiger partial charge on any atom is 0.309 e. The summed E-state index contributed by atoms with van der Waals surface area (Å²) in [6.45, 7) is 1.78. The molecule has 2 aromatic rings. The Bertz CT molecular complexity index is 762. The largest absolute Gasteiger partial charge is 0.493 e. The average Bonchev–Trinajstić information content (AvgIpc) is 2.62. The number of carbonyl (C=O) groups is 2. The molecule has 6 heteroatoms. The van der Waals surface area contributed by atoms with Crippen LogP contribution in [0.2, 0.25) is 0 Å². The van der Waals surface area contributed by atoms with Crippen molar-refractivity contribution in [3.8, 4) is 11.8 Å². The summed E-state index contributed by atoms with van der Waals surface area (Å²) in [6.07, 6.45) is 0.0536. The van der Waals surface area contributed by atoms with Crippen molar-refractivity contribution in [2.24, 2.45) is 0 Å². The Kier molecular flexibility index (Phi) is 6.55. The molecule has 128 valence electrons. The van der Waals surface area contributed by atoms with Gasteiger partial charge in [0.25, 0.3) is 5.91 Å². The van der Waals surface area contributed by atoms with E-state index in [1.807, 2.05) is 37.3 Å². The van der Waals surface area contributed by atoms with E-state index in [4.69, 9.17) is 14.7 Å². The molecule has 0 heterocycles. The molecule has 0 aromatic heterocycles. The first kappa shape index (κ1) is 18.0. The van der Waals surface area contributed by atoms with Crippen LogP contribution in [0.5, 0.6) is 5.75 Å². The van der Waals surface area contributed by atoms with Gasteiger partial charge in [-0.3, -0.25) is 9.59 Å². The number of anilines is 1. The molecule has 25 heavy (non-hydrogen) atoms. The molecule has 0 aliphatic rings. The fourth-order valence-electron chi connectivity index (χ4n) is 1.93. The second kappa shape index (κ2) is 9.08. The van der Waals surface area contributed by atoms with Crippen molar-refractivity contribution in [1.29, 1.82) is 5.26 Å². The van der Waals surface area contributed by atoms with Crippen molar-refractivity contribution in [2.45, 2.75) is 13.3 Å². The molecule has 0 bridgehead atoms.